The van der Waals surface area contributed by atoms with Gasteiger partial charge < -0.3 is 10.1 Å². The molecule has 2 aromatic carbocycles. The van der Waals surface area contributed by atoms with E-state index in [0.29, 0.717) is 10.7 Å². The molecule has 0 unspecified atom stereocenters. The number of hydrogen-bond acceptors (Lipinski definition) is 3. The van der Waals surface area contributed by atoms with Gasteiger partial charge in [-0.05, 0) is 46.7 Å². The number of ether oxygens (including phenoxy) is 1. The first-order chi connectivity index (χ1) is 14.1. The van der Waals surface area contributed by atoms with E-state index in [9.17, 15) is 4.79 Å². The second-order valence-electron chi connectivity index (χ2n) is 6.80. The molecule has 3 aromatic rings. The van der Waals surface area contributed by atoms with E-state index in [1.54, 1.807) is 12.3 Å². The number of carbonyl (C=O) groups excluding carboxylic acids is 1. The van der Waals surface area contributed by atoms with E-state index in [0.717, 1.165) is 5.56 Å². The fourth-order valence-corrected chi connectivity index (χ4v) is 3.78. The van der Waals surface area contributed by atoms with Gasteiger partial charge in [0.05, 0.1) is 11.6 Å². The molecule has 0 aliphatic heterocycles. The van der Waals surface area contributed by atoms with Gasteiger partial charge >= 0.3 is 6.09 Å². The van der Waals surface area contributed by atoms with E-state index in [2.05, 4.69) is 46.4 Å². The lowest BCUT2D eigenvalue weighted by atomic mass is 9.98. The van der Waals surface area contributed by atoms with Crippen molar-refractivity contribution in [1.82, 2.24) is 10.3 Å². The predicted octanol–water partition coefficient (Wildman–Crippen LogP) is 4.93. The Morgan fingerprint density at radius 2 is 1.79 bits per heavy atom. The van der Waals surface area contributed by atoms with E-state index in [4.69, 9.17) is 16.3 Å². The molecule has 1 amide bonds. The summed E-state index contributed by atoms with van der Waals surface area (Å²) in [5.74, 6) is 5.86. The molecule has 144 valence electrons. The maximum absolute atomic E-state index is 12.1. The van der Waals surface area contributed by atoms with Gasteiger partial charge in [0, 0.05) is 12.1 Å². The molecule has 0 bridgehead atoms. The van der Waals surface area contributed by atoms with Crippen LogP contribution in [0.15, 0.2) is 60.8 Å². The zero-order valence-corrected chi connectivity index (χ0v) is 16.7. The predicted molar refractivity (Wildman–Crippen MR) is 114 cm³/mol. The Labute approximate surface area is 174 Å². The molecule has 1 aromatic heterocycles. The minimum atomic E-state index is -0.484. The van der Waals surface area contributed by atoms with Crippen LogP contribution >= 0.6 is 11.6 Å². The summed E-state index contributed by atoms with van der Waals surface area (Å²) in [6.07, 6.45) is 1.07. The molecule has 0 radical (unpaired) electrons. The fourth-order valence-electron chi connectivity index (χ4n) is 3.57. The number of alkyl carbamates (subject to hydrolysis) is 1. The number of aryl methyl sites for hydroxylation is 1. The lowest BCUT2D eigenvalue weighted by Crippen LogP contribution is -2.26. The summed E-state index contributed by atoms with van der Waals surface area (Å²) in [5, 5.41) is 3.24. The monoisotopic (exact) mass is 402 g/mol. The van der Waals surface area contributed by atoms with Crippen molar-refractivity contribution in [3.05, 3.63) is 88.2 Å². The van der Waals surface area contributed by atoms with Crippen molar-refractivity contribution in [2.24, 2.45) is 0 Å². The molecule has 0 atom stereocenters. The number of rotatable bonds is 3. The SMILES string of the molecule is Cc1cc(Cl)cnc1C#CCNC(=O)OCC1c2ccccc2-c2ccccc21. The second-order valence-corrected chi connectivity index (χ2v) is 7.24. The Kier molecular flexibility index (Phi) is 5.50. The van der Waals surface area contributed by atoms with Crippen molar-refractivity contribution < 1.29 is 9.53 Å². The highest BCUT2D eigenvalue weighted by Gasteiger charge is 2.28. The number of amides is 1. The highest BCUT2D eigenvalue weighted by molar-refractivity contribution is 6.30. The number of nitrogens with zero attached hydrogens (tertiary/aromatic N) is 1. The van der Waals surface area contributed by atoms with Crippen molar-refractivity contribution in [2.75, 3.05) is 13.2 Å². The van der Waals surface area contributed by atoms with Gasteiger partial charge in [-0.3, -0.25) is 0 Å². The summed E-state index contributed by atoms with van der Waals surface area (Å²) >= 11 is 5.89. The molecule has 0 saturated heterocycles. The summed E-state index contributed by atoms with van der Waals surface area (Å²) < 4.78 is 5.48. The first kappa shape index (κ1) is 19.0. The van der Waals surface area contributed by atoms with Crippen molar-refractivity contribution in [3.63, 3.8) is 0 Å². The molecule has 1 heterocycles. The molecule has 5 heteroatoms. The van der Waals surface area contributed by atoms with Crippen LogP contribution in [0.5, 0.6) is 0 Å². The molecule has 4 nitrogen and oxygen atoms in total. The van der Waals surface area contributed by atoms with Gasteiger partial charge in [0.15, 0.2) is 0 Å². The van der Waals surface area contributed by atoms with E-state index in [1.165, 1.54) is 22.3 Å². The molecular weight excluding hydrogens is 384 g/mol. The average molecular weight is 403 g/mol. The number of fused-ring (bicyclic) bond motifs is 3. The summed E-state index contributed by atoms with van der Waals surface area (Å²) in [6, 6.07) is 18.3. The third-order valence-corrected chi connectivity index (χ3v) is 5.12. The zero-order chi connectivity index (χ0) is 20.2. The standard InChI is InChI=1S/C24H19ClN2O2/c1-16-13-17(25)14-27-23(16)11-6-12-26-24(28)29-15-22-20-9-4-2-7-18(20)19-8-3-5-10-21(19)22/h2-5,7-10,13-14,22H,12,15H2,1H3,(H,26,28). The van der Waals surface area contributed by atoms with Gasteiger partial charge in [0.2, 0.25) is 0 Å². The van der Waals surface area contributed by atoms with E-state index >= 15 is 0 Å². The van der Waals surface area contributed by atoms with Crippen LogP contribution in [0.25, 0.3) is 11.1 Å². The highest BCUT2D eigenvalue weighted by Crippen LogP contribution is 2.44. The van der Waals surface area contributed by atoms with Crippen LogP contribution < -0.4 is 5.32 Å². The van der Waals surface area contributed by atoms with Gasteiger partial charge in [-0.15, -0.1) is 0 Å². The van der Waals surface area contributed by atoms with E-state index in [-0.39, 0.29) is 19.1 Å². The number of hydrogen-bond donors (Lipinski definition) is 1. The molecule has 1 aliphatic carbocycles. The van der Waals surface area contributed by atoms with Crippen molar-refractivity contribution in [3.8, 4) is 23.0 Å². The van der Waals surface area contributed by atoms with E-state index < -0.39 is 6.09 Å². The zero-order valence-electron chi connectivity index (χ0n) is 15.9. The van der Waals surface area contributed by atoms with Crippen LogP contribution in [0.3, 0.4) is 0 Å². The van der Waals surface area contributed by atoms with E-state index in [1.807, 2.05) is 31.2 Å². The smallest absolute Gasteiger partial charge is 0.407 e. The third-order valence-electron chi connectivity index (χ3n) is 4.92. The quantitative estimate of drug-likeness (QED) is 0.632. The summed E-state index contributed by atoms with van der Waals surface area (Å²) in [5.41, 5.74) is 6.31. The van der Waals surface area contributed by atoms with Crippen LogP contribution in [0.1, 0.15) is 28.3 Å². The summed E-state index contributed by atoms with van der Waals surface area (Å²) in [7, 11) is 0. The molecule has 0 spiro atoms. The second kappa shape index (κ2) is 8.38. The largest absolute Gasteiger partial charge is 0.449 e. The van der Waals surface area contributed by atoms with Crippen LogP contribution in [0, 0.1) is 18.8 Å². The van der Waals surface area contributed by atoms with Gasteiger partial charge in [0.25, 0.3) is 0 Å². The Balaban J connectivity index is 1.35. The minimum Gasteiger partial charge on any atom is -0.449 e. The Morgan fingerprint density at radius 1 is 1.14 bits per heavy atom. The molecular formula is C24H19ClN2O2. The van der Waals surface area contributed by atoms with Crippen LogP contribution in [-0.4, -0.2) is 24.2 Å². The normalized spacial score (nSPS) is 11.8. The lowest BCUT2D eigenvalue weighted by Gasteiger charge is -2.14. The molecule has 1 N–H and O–H groups in total. The number of halogens is 1. The van der Waals surface area contributed by atoms with Crippen molar-refractivity contribution in [2.45, 2.75) is 12.8 Å². The summed E-state index contributed by atoms with van der Waals surface area (Å²) in [6.45, 7) is 2.35. The maximum atomic E-state index is 12.1. The average Bonchev–Trinajstić information content (AvgIpc) is 3.05. The first-order valence-corrected chi connectivity index (χ1v) is 9.71. The molecule has 4 rings (SSSR count). The molecule has 1 aliphatic rings. The number of carbonyl (C=O) groups is 1. The fraction of sp³-hybridized carbons (Fsp3) is 0.167. The lowest BCUT2D eigenvalue weighted by molar-refractivity contribution is 0.144. The Hall–Kier alpha value is -3.29. The Bertz CT molecular complexity index is 1090. The Morgan fingerprint density at radius 3 is 2.45 bits per heavy atom. The number of benzene rings is 2. The van der Waals surface area contributed by atoms with Gasteiger partial charge in [-0.1, -0.05) is 66.1 Å². The maximum Gasteiger partial charge on any atom is 0.407 e. The van der Waals surface area contributed by atoms with Gasteiger partial charge in [-0.2, -0.15) is 0 Å². The molecule has 0 fully saturated rings. The van der Waals surface area contributed by atoms with Gasteiger partial charge in [0.1, 0.15) is 12.3 Å². The molecule has 29 heavy (non-hydrogen) atoms. The van der Waals surface area contributed by atoms with Gasteiger partial charge in [-0.25, -0.2) is 9.78 Å². The minimum absolute atomic E-state index is 0.0418. The van der Waals surface area contributed by atoms with Crippen LogP contribution in [0.4, 0.5) is 4.79 Å². The molecule has 0 saturated carbocycles. The topological polar surface area (TPSA) is 51.2 Å². The van der Waals surface area contributed by atoms with Crippen LogP contribution in [0.2, 0.25) is 5.02 Å². The number of pyridine rings is 1. The first-order valence-electron chi connectivity index (χ1n) is 9.33. The summed E-state index contributed by atoms with van der Waals surface area (Å²) in [4.78, 5) is 16.3. The van der Waals surface area contributed by atoms with Crippen molar-refractivity contribution in [1.29, 1.82) is 0 Å². The highest BCUT2D eigenvalue weighted by atomic mass is 35.5. The van der Waals surface area contributed by atoms with Crippen molar-refractivity contribution >= 4 is 17.7 Å². The number of aromatic nitrogens is 1. The van der Waals surface area contributed by atoms with Crippen LogP contribution in [-0.2, 0) is 4.74 Å². The third kappa shape index (κ3) is 4.11. The number of nitrogens with one attached hydrogen (secondary N) is 1.